The molecule has 8 aromatic carbocycles. The second-order valence-electron chi connectivity index (χ2n) is 16.9. The van der Waals surface area contributed by atoms with Gasteiger partial charge < -0.3 is 13.9 Å². The molecular weight excluding hydrogens is 793 g/mol. The van der Waals surface area contributed by atoms with Crippen LogP contribution in [0, 0.1) is 0 Å². The van der Waals surface area contributed by atoms with Crippen molar-refractivity contribution >= 4 is 96.6 Å². The Hall–Kier alpha value is -7.92. The van der Waals surface area contributed by atoms with Crippen LogP contribution in [0.5, 0.6) is 0 Å². The zero-order valence-corrected chi connectivity index (χ0v) is 36.3. The summed E-state index contributed by atoms with van der Waals surface area (Å²) in [5, 5.41) is 8.92. The number of hydrogen-bond acceptors (Lipinski definition) is 2. The van der Waals surface area contributed by atoms with E-state index in [1.165, 1.54) is 54.2 Å². The lowest BCUT2D eigenvalue weighted by Crippen LogP contribution is -2.74. The molecule has 0 saturated carbocycles. The molecule has 0 radical (unpaired) electrons. The fraction of sp³-hybridized carbons (Fsp3) is 0.0333. The number of rotatable bonds is 9. The van der Waals surface area contributed by atoms with Crippen molar-refractivity contribution in [2.45, 2.75) is 12.3 Å². The van der Waals surface area contributed by atoms with Crippen molar-refractivity contribution in [2.75, 3.05) is 4.90 Å². The van der Waals surface area contributed by atoms with Gasteiger partial charge in [0.1, 0.15) is 11.2 Å². The number of fused-ring (bicyclic) bond motifs is 6. The van der Waals surface area contributed by atoms with Crippen molar-refractivity contribution in [1.29, 1.82) is 0 Å². The van der Waals surface area contributed by atoms with Crippen LogP contribution in [-0.2, 0) is 0 Å². The van der Waals surface area contributed by atoms with Gasteiger partial charge >= 0.3 is 0 Å². The van der Waals surface area contributed by atoms with Crippen LogP contribution in [0.15, 0.2) is 241 Å². The molecule has 3 nitrogen and oxygen atoms in total. The van der Waals surface area contributed by atoms with Crippen molar-refractivity contribution in [3.63, 3.8) is 0 Å². The van der Waals surface area contributed by atoms with Crippen LogP contribution in [0.3, 0.4) is 0 Å². The van der Waals surface area contributed by atoms with Gasteiger partial charge in [-0.25, -0.2) is 0 Å². The highest BCUT2D eigenvalue weighted by Gasteiger charge is 2.41. The Labute approximate surface area is 374 Å². The summed E-state index contributed by atoms with van der Waals surface area (Å²) >= 11 is 0. The number of hydrogen-bond donors (Lipinski definition) is 0. The van der Waals surface area contributed by atoms with Gasteiger partial charge in [-0.15, -0.1) is 0 Å². The minimum absolute atomic E-state index is 0.318. The molecule has 0 fully saturated rings. The second kappa shape index (κ2) is 15.5. The van der Waals surface area contributed by atoms with E-state index in [1.807, 2.05) is 12.1 Å². The lowest BCUT2D eigenvalue weighted by Gasteiger charge is -2.35. The third kappa shape index (κ3) is 6.02. The van der Waals surface area contributed by atoms with E-state index in [1.54, 1.807) is 0 Å². The van der Waals surface area contributed by atoms with Gasteiger partial charge in [-0.1, -0.05) is 183 Å². The smallest absolute Gasteiger partial charge is 0.179 e. The summed E-state index contributed by atoms with van der Waals surface area (Å²) in [6, 6.07) is 75.1. The molecule has 1 aliphatic carbocycles. The minimum Gasteiger partial charge on any atom is -0.456 e. The maximum Gasteiger partial charge on any atom is 0.179 e. The molecule has 0 amide bonds. The van der Waals surface area contributed by atoms with Crippen LogP contribution >= 0.6 is 0 Å². The first kappa shape index (κ1) is 37.8. The molecular formula is C60H44N2OSi. The molecule has 0 saturated heterocycles. The maximum atomic E-state index is 6.46. The molecule has 2 aromatic heterocycles. The first-order valence-corrected chi connectivity index (χ1v) is 24.1. The molecule has 0 spiro atoms. The van der Waals surface area contributed by atoms with Crippen LogP contribution in [0.25, 0.3) is 50.7 Å². The summed E-state index contributed by atoms with van der Waals surface area (Å²) in [4.78, 5) is 2.34. The SMILES string of the molecule is C=C1/C(=C\C=C\c2ccc(N(c3ccc([Si](c4ccccc4)(c4ccccc4)c4ccccc4)cc3)c3ccc4c(c3)oc3ccccc34)cc2)n2c3c(c4ccccc42)C=CCC13. The third-order valence-corrected chi connectivity index (χ3v) is 18.2. The van der Waals surface area contributed by atoms with E-state index in [0.29, 0.717) is 5.92 Å². The quantitative estimate of drug-likeness (QED) is 0.107. The summed E-state index contributed by atoms with van der Waals surface area (Å²) < 4.78 is 8.89. The average Bonchev–Trinajstić information content (AvgIpc) is 4.00. The van der Waals surface area contributed by atoms with Crippen LogP contribution in [-0.4, -0.2) is 12.6 Å². The zero-order valence-electron chi connectivity index (χ0n) is 35.3. The lowest BCUT2D eigenvalue weighted by atomic mass is 9.88. The summed E-state index contributed by atoms with van der Waals surface area (Å²) in [6.07, 6.45) is 12.2. The predicted molar refractivity (Wildman–Crippen MR) is 273 cm³/mol. The Morgan fingerprint density at radius 3 is 1.77 bits per heavy atom. The molecule has 2 aliphatic rings. The Kier molecular flexibility index (Phi) is 9.13. The van der Waals surface area contributed by atoms with Crippen LogP contribution in [0.2, 0.25) is 0 Å². The van der Waals surface area contributed by atoms with Crippen molar-refractivity contribution in [1.82, 2.24) is 4.57 Å². The highest BCUT2D eigenvalue weighted by atomic mass is 28.3. The number of aromatic nitrogens is 1. The Balaban J connectivity index is 0.945. The summed E-state index contributed by atoms with van der Waals surface area (Å²) in [5.74, 6) is 0.318. The Morgan fingerprint density at radius 2 is 1.09 bits per heavy atom. The largest absolute Gasteiger partial charge is 0.456 e. The van der Waals surface area contributed by atoms with E-state index < -0.39 is 8.07 Å². The molecule has 1 unspecified atom stereocenters. The summed E-state index contributed by atoms with van der Waals surface area (Å²) in [5.41, 5.74) is 12.3. The summed E-state index contributed by atoms with van der Waals surface area (Å²) in [6.45, 7) is 4.60. The van der Waals surface area contributed by atoms with Crippen molar-refractivity contribution in [2.24, 2.45) is 0 Å². The van der Waals surface area contributed by atoms with E-state index in [0.717, 1.165) is 51.0 Å². The molecule has 64 heavy (non-hydrogen) atoms. The van der Waals surface area contributed by atoms with Crippen LogP contribution < -0.4 is 25.6 Å². The average molecular weight is 837 g/mol. The molecule has 0 N–H and O–H groups in total. The topological polar surface area (TPSA) is 21.3 Å². The third-order valence-electron chi connectivity index (χ3n) is 13.4. The van der Waals surface area contributed by atoms with Crippen LogP contribution in [0.1, 0.15) is 29.2 Å². The number of anilines is 3. The molecule has 0 bridgehead atoms. The van der Waals surface area contributed by atoms with Gasteiger partial charge in [0.2, 0.25) is 0 Å². The van der Waals surface area contributed by atoms with Gasteiger partial charge in [-0.05, 0) is 92.9 Å². The first-order chi connectivity index (χ1) is 31.7. The lowest BCUT2D eigenvalue weighted by molar-refractivity contribution is 0.669. The zero-order chi connectivity index (χ0) is 42.6. The molecule has 1 atom stereocenters. The van der Waals surface area contributed by atoms with E-state index in [4.69, 9.17) is 4.42 Å². The van der Waals surface area contributed by atoms with Gasteiger partial charge in [-0.3, -0.25) is 0 Å². The number of nitrogens with zero attached hydrogens (tertiary/aromatic N) is 2. The predicted octanol–water partition coefficient (Wildman–Crippen LogP) is 13.0. The van der Waals surface area contributed by atoms with Gasteiger partial charge in [0.05, 0.1) is 5.52 Å². The minimum atomic E-state index is -2.70. The number of para-hydroxylation sites is 2. The van der Waals surface area contributed by atoms with E-state index in [-0.39, 0.29) is 0 Å². The van der Waals surface area contributed by atoms with E-state index >= 15 is 0 Å². The molecule has 304 valence electrons. The standard InChI is InChI=1S/C60H44N2OSi/c1-42-51-26-16-27-55-52-24-11-13-28-57(52)62(60(51)55)56(42)29-15-17-43-31-33-44(34-32-43)61(46-37-40-54-53-25-12-14-30-58(53)63-59(54)41-46)45-35-38-50(39-36-45)64(47-18-5-2-6-19-47,48-20-7-3-8-21-48)49-22-9-4-10-23-49/h2-25,27-41,51H,1,26H2/b17-15+,56-29+. The van der Waals surface area contributed by atoms with E-state index in [9.17, 15) is 0 Å². The Morgan fingerprint density at radius 1 is 0.547 bits per heavy atom. The normalized spacial score (nSPS) is 15.2. The highest BCUT2D eigenvalue weighted by Crippen LogP contribution is 2.50. The Bertz CT molecular complexity index is 3370. The monoisotopic (exact) mass is 836 g/mol. The molecule has 1 aliphatic heterocycles. The van der Waals surface area contributed by atoms with Crippen molar-refractivity contribution < 1.29 is 4.42 Å². The highest BCUT2D eigenvalue weighted by molar-refractivity contribution is 7.19. The fourth-order valence-corrected chi connectivity index (χ4v) is 15.3. The van der Waals surface area contributed by atoms with E-state index in [2.05, 4.69) is 241 Å². The van der Waals surface area contributed by atoms with Crippen molar-refractivity contribution in [3.8, 4) is 0 Å². The van der Waals surface area contributed by atoms with Gasteiger partial charge in [-0.2, -0.15) is 0 Å². The van der Waals surface area contributed by atoms with Crippen LogP contribution in [0.4, 0.5) is 17.1 Å². The second-order valence-corrected chi connectivity index (χ2v) is 20.7. The number of benzene rings is 8. The number of furan rings is 1. The maximum absolute atomic E-state index is 6.46. The van der Waals surface area contributed by atoms with Gasteiger partial charge in [0.25, 0.3) is 0 Å². The summed E-state index contributed by atoms with van der Waals surface area (Å²) in [7, 11) is -2.70. The van der Waals surface area contributed by atoms with Gasteiger partial charge in [0, 0.05) is 62.2 Å². The molecule has 10 aromatic rings. The first-order valence-electron chi connectivity index (χ1n) is 22.1. The van der Waals surface area contributed by atoms with Crippen molar-refractivity contribution in [3.05, 3.63) is 253 Å². The van der Waals surface area contributed by atoms with Gasteiger partial charge in [0.15, 0.2) is 8.07 Å². The molecule has 3 heterocycles. The molecule has 12 rings (SSSR count). The molecule has 4 heteroatoms. The number of allylic oxidation sites excluding steroid dienone is 5. The fourth-order valence-electron chi connectivity index (χ4n) is 10.5.